The quantitative estimate of drug-likeness (QED) is 0.0973. The molecule has 200 valence electrons. The first kappa shape index (κ1) is 29.5. The number of amides is 2. The van der Waals surface area contributed by atoms with E-state index in [4.69, 9.17) is 4.74 Å². The normalized spacial score (nSPS) is 12.9. The second-order valence-electron chi connectivity index (χ2n) is 9.83. The molecule has 2 rings (SSSR count). The van der Waals surface area contributed by atoms with Crippen molar-refractivity contribution in [3.8, 4) is 11.4 Å². The predicted molar refractivity (Wildman–Crippen MR) is 145 cm³/mol. The van der Waals surface area contributed by atoms with Crippen LogP contribution in [0.1, 0.15) is 25.1 Å². The molecule has 0 saturated heterocycles. The summed E-state index contributed by atoms with van der Waals surface area (Å²) in [5.74, 6) is -0.566. The minimum atomic E-state index is -1.33. The van der Waals surface area contributed by atoms with Gasteiger partial charge in [0, 0.05) is 38.6 Å². The van der Waals surface area contributed by atoms with Crippen LogP contribution in [-0.2, 0) is 16.3 Å². The topological polar surface area (TPSA) is 149 Å². The number of nitrogens with one attached hydrogen (secondary N) is 2. The molecule has 2 aromatic rings. The van der Waals surface area contributed by atoms with Gasteiger partial charge < -0.3 is 25.0 Å². The van der Waals surface area contributed by atoms with E-state index in [0.717, 1.165) is 6.04 Å². The fourth-order valence-electron chi connectivity index (χ4n) is 3.33. The van der Waals surface area contributed by atoms with E-state index in [2.05, 4.69) is 48.4 Å². The van der Waals surface area contributed by atoms with Crippen molar-refractivity contribution in [2.75, 3.05) is 11.9 Å². The van der Waals surface area contributed by atoms with Gasteiger partial charge in [-0.3, -0.25) is 14.9 Å². The smallest absolute Gasteiger partial charge is 0.405 e. The van der Waals surface area contributed by atoms with Gasteiger partial charge in [0.25, 0.3) is 5.69 Å². The van der Waals surface area contributed by atoms with Crippen molar-refractivity contribution in [1.82, 2.24) is 14.9 Å². The van der Waals surface area contributed by atoms with Gasteiger partial charge in [-0.1, -0.05) is 38.7 Å². The summed E-state index contributed by atoms with van der Waals surface area (Å²) in [6, 6.07) is 4.37. The van der Waals surface area contributed by atoms with Crippen molar-refractivity contribution in [1.29, 1.82) is 0 Å². The fraction of sp³-hybridized carbons (Fsp3) is 0.400. The molecule has 11 nitrogen and oxygen atoms in total. The maximum absolute atomic E-state index is 12.6. The number of hydrogen-bond acceptors (Lipinski definition) is 6. The van der Waals surface area contributed by atoms with Crippen LogP contribution in [0.25, 0.3) is 11.4 Å². The third kappa shape index (κ3) is 8.68. The van der Waals surface area contributed by atoms with Gasteiger partial charge in [-0.05, 0) is 18.5 Å². The second kappa shape index (κ2) is 13.0. The van der Waals surface area contributed by atoms with Crippen LogP contribution in [0, 0.1) is 16.0 Å². The lowest BCUT2D eigenvalue weighted by Gasteiger charge is -2.17. The lowest BCUT2D eigenvalue weighted by molar-refractivity contribution is -0.384. The predicted octanol–water partition coefficient (Wildman–Crippen LogP) is 5.42. The Kier molecular flexibility index (Phi) is 10.3. The van der Waals surface area contributed by atoms with Gasteiger partial charge in [-0.25, -0.2) is 9.78 Å². The lowest BCUT2D eigenvalue weighted by atomic mass is 10.1. The molecule has 37 heavy (non-hydrogen) atoms. The first-order chi connectivity index (χ1) is 17.4. The monoisotopic (exact) mass is 529 g/mol. The van der Waals surface area contributed by atoms with E-state index in [9.17, 15) is 24.8 Å². The Morgan fingerprint density at radius 1 is 1.32 bits per heavy atom. The highest BCUT2D eigenvalue weighted by atomic mass is 28.3. The first-order valence-electron chi connectivity index (χ1n) is 11.8. The summed E-state index contributed by atoms with van der Waals surface area (Å²) in [5, 5.41) is 25.9. The van der Waals surface area contributed by atoms with Crippen LogP contribution in [0.3, 0.4) is 0 Å². The molecule has 1 heterocycles. The van der Waals surface area contributed by atoms with E-state index in [1.54, 1.807) is 23.8 Å². The average molecular weight is 530 g/mol. The number of anilines is 1. The van der Waals surface area contributed by atoms with E-state index in [0.29, 0.717) is 30.1 Å². The van der Waals surface area contributed by atoms with E-state index >= 15 is 0 Å². The highest BCUT2D eigenvalue weighted by Gasteiger charge is 2.23. The first-order valence-corrected chi connectivity index (χ1v) is 15.5. The Balaban J connectivity index is 2.59. The summed E-state index contributed by atoms with van der Waals surface area (Å²) < 4.78 is 7.62. The third-order valence-corrected chi connectivity index (χ3v) is 7.26. The fourth-order valence-corrected chi connectivity index (χ4v) is 4.08. The number of aromatic nitrogens is 2. The van der Waals surface area contributed by atoms with Gasteiger partial charge in [-0.2, -0.15) is 0 Å². The van der Waals surface area contributed by atoms with Gasteiger partial charge in [0.2, 0.25) is 5.91 Å². The highest BCUT2D eigenvalue weighted by molar-refractivity contribution is 6.76. The van der Waals surface area contributed by atoms with Gasteiger partial charge in [-0.15, -0.1) is 13.2 Å². The number of non-ortho nitro benzene ring substituents is 1. The Hall–Kier alpha value is -3.77. The summed E-state index contributed by atoms with van der Waals surface area (Å²) in [4.78, 5) is 39.6. The largest absolute Gasteiger partial charge is 0.465 e. The number of benzene rings is 1. The minimum Gasteiger partial charge on any atom is -0.465 e. The van der Waals surface area contributed by atoms with Gasteiger partial charge in [0.1, 0.15) is 12.6 Å². The zero-order valence-electron chi connectivity index (χ0n) is 21.7. The number of ether oxygens (including phenoxy) is 1. The Bertz CT molecular complexity index is 1160. The number of carboxylic acid groups (broad SMARTS) is 1. The summed E-state index contributed by atoms with van der Waals surface area (Å²) in [5.41, 5.74) is 0.830. The average Bonchev–Trinajstić information content (AvgIpc) is 3.23. The summed E-state index contributed by atoms with van der Waals surface area (Å²) in [6.07, 6.45) is 3.80. The van der Waals surface area contributed by atoms with Crippen LogP contribution in [0.15, 0.2) is 49.7 Å². The molecule has 2 atom stereocenters. The molecule has 0 fully saturated rings. The van der Waals surface area contributed by atoms with Crippen molar-refractivity contribution in [3.63, 3.8) is 0 Å². The molecule has 0 saturated carbocycles. The molecule has 1 aromatic carbocycles. The second-order valence-corrected chi connectivity index (χ2v) is 15.5. The van der Waals surface area contributed by atoms with Gasteiger partial charge >= 0.3 is 6.09 Å². The number of nitrogens with zero attached hydrogens (tertiary/aromatic N) is 3. The van der Waals surface area contributed by atoms with Crippen LogP contribution >= 0.6 is 0 Å². The van der Waals surface area contributed by atoms with Crippen LogP contribution in [-0.4, -0.2) is 46.3 Å². The van der Waals surface area contributed by atoms with Crippen molar-refractivity contribution in [2.45, 2.75) is 51.8 Å². The molecule has 1 aromatic heterocycles. The maximum atomic E-state index is 12.6. The molecule has 0 unspecified atom stereocenters. The van der Waals surface area contributed by atoms with Crippen molar-refractivity contribution >= 4 is 31.4 Å². The molecule has 3 N–H and O–H groups in total. The van der Waals surface area contributed by atoms with Crippen molar-refractivity contribution < 1.29 is 24.4 Å². The molecule has 0 aliphatic rings. The number of hydrogen-bond donors (Lipinski definition) is 3. The Morgan fingerprint density at radius 3 is 2.59 bits per heavy atom. The molecule has 0 radical (unpaired) electrons. The molecule has 2 amide bonds. The van der Waals surface area contributed by atoms with E-state index in [1.165, 1.54) is 24.3 Å². The molecule has 12 heteroatoms. The standard InChI is InChI=1S/C25H35N5O6Si/c1-7-9-20(28-25(32)33)22-15-29(16-36-12-13-37(4,5)6)23(26-22)19-11-10-18(30(34)35)14-21(19)27-24(31)17(3)8-2/h7-8,10-11,14-15,17,20,28H,1-2,9,12-13,16H2,3-6H3,(H,27,31)(H,32,33)/t17-,20+/m1/s1. The van der Waals surface area contributed by atoms with Crippen LogP contribution in [0.2, 0.25) is 25.7 Å². The maximum Gasteiger partial charge on any atom is 0.405 e. The summed E-state index contributed by atoms with van der Waals surface area (Å²) in [7, 11) is -1.33. The van der Waals surface area contributed by atoms with Crippen molar-refractivity contribution in [2.24, 2.45) is 5.92 Å². The molecular weight excluding hydrogens is 494 g/mol. The summed E-state index contributed by atoms with van der Waals surface area (Å²) >= 11 is 0. The summed E-state index contributed by atoms with van der Waals surface area (Å²) in [6.45, 7) is 16.3. The highest BCUT2D eigenvalue weighted by Crippen LogP contribution is 2.33. The van der Waals surface area contributed by atoms with E-state index in [-0.39, 0.29) is 18.1 Å². The lowest BCUT2D eigenvalue weighted by Crippen LogP contribution is -2.26. The number of carbonyl (C=O) groups is 2. The Labute approximate surface area is 217 Å². The van der Waals surface area contributed by atoms with Gasteiger partial charge in [0.05, 0.1) is 28.3 Å². The number of rotatable bonds is 14. The molecule has 0 aliphatic carbocycles. The number of imidazole rings is 1. The SMILES string of the molecule is C=CC[C@H](NC(=O)O)c1cn(COCC[Si](C)(C)C)c(-c2ccc([N+](=O)[O-])cc2NC(=O)[C@H](C)C=C)n1. The van der Waals surface area contributed by atoms with Crippen molar-refractivity contribution in [3.05, 3.63) is 65.5 Å². The van der Waals surface area contributed by atoms with E-state index in [1.807, 2.05) is 0 Å². The van der Waals surface area contributed by atoms with Crippen LogP contribution in [0.4, 0.5) is 16.2 Å². The minimum absolute atomic E-state index is 0.119. The van der Waals surface area contributed by atoms with Crippen LogP contribution < -0.4 is 10.6 Å². The van der Waals surface area contributed by atoms with Crippen LogP contribution in [0.5, 0.6) is 0 Å². The molecular formula is C25H35N5O6Si. The van der Waals surface area contributed by atoms with E-state index < -0.39 is 37.0 Å². The third-order valence-electron chi connectivity index (χ3n) is 5.56. The Morgan fingerprint density at radius 2 is 2.03 bits per heavy atom. The zero-order chi connectivity index (χ0) is 27.8. The molecule has 0 bridgehead atoms. The molecule has 0 aliphatic heterocycles. The number of nitro groups is 1. The number of carbonyl (C=O) groups excluding carboxylic acids is 1. The van der Waals surface area contributed by atoms with Gasteiger partial charge in [0.15, 0.2) is 0 Å². The molecule has 0 spiro atoms. The number of nitro benzene ring substituents is 1. The zero-order valence-corrected chi connectivity index (χ0v) is 22.7.